The molecule has 0 aliphatic carbocycles. The minimum absolute atomic E-state index is 0.142. The summed E-state index contributed by atoms with van der Waals surface area (Å²) in [6, 6.07) is 12.5. The van der Waals surface area contributed by atoms with Crippen LogP contribution < -0.4 is 5.32 Å². The Kier molecular flexibility index (Phi) is 4.04. The van der Waals surface area contributed by atoms with E-state index >= 15 is 0 Å². The van der Waals surface area contributed by atoms with Crippen LogP contribution in [0.2, 0.25) is 5.02 Å². The number of carbonyl (C=O) groups is 1. The van der Waals surface area contributed by atoms with Crippen LogP contribution in [0.3, 0.4) is 0 Å². The number of hydrogen-bond donors (Lipinski definition) is 1. The largest absolute Gasteiger partial charge is 0.322 e. The number of aryl methyl sites for hydroxylation is 1. The lowest BCUT2D eigenvalue weighted by atomic mass is 10.1. The first-order valence-corrected chi connectivity index (χ1v) is 6.56. The van der Waals surface area contributed by atoms with Gasteiger partial charge in [-0.1, -0.05) is 27.5 Å². The fraction of sp³-hybridized carbons (Fsp3) is 0.0714. The number of carbonyl (C=O) groups excluding carboxylic acids is 1. The van der Waals surface area contributed by atoms with Crippen LogP contribution in [-0.2, 0) is 0 Å². The van der Waals surface area contributed by atoms with Gasteiger partial charge in [-0.05, 0) is 55.0 Å². The topological polar surface area (TPSA) is 29.1 Å². The van der Waals surface area contributed by atoms with E-state index in [1.165, 1.54) is 0 Å². The van der Waals surface area contributed by atoms with Crippen LogP contribution >= 0.6 is 27.5 Å². The van der Waals surface area contributed by atoms with Crippen molar-refractivity contribution in [2.45, 2.75) is 6.92 Å². The maximum absolute atomic E-state index is 12.0. The molecule has 92 valence electrons. The quantitative estimate of drug-likeness (QED) is 0.855. The van der Waals surface area contributed by atoms with Crippen LogP contribution in [0, 0.1) is 6.92 Å². The molecule has 0 fully saturated rings. The highest BCUT2D eigenvalue weighted by Gasteiger charge is 2.07. The van der Waals surface area contributed by atoms with Gasteiger partial charge in [-0.2, -0.15) is 0 Å². The molecule has 1 N–H and O–H groups in total. The summed E-state index contributed by atoms with van der Waals surface area (Å²) in [6.45, 7) is 1.95. The van der Waals surface area contributed by atoms with Gasteiger partial charge in [0.1, 0.15) is 0 Å². The molecular weight excluding hydrogens is 314 g/mol. The Hall–Kier alpha value is -1.32. The molecule has 0 spiro atoms. The van der Waals surface area contributed by atoms with E-state index in [-0.39, 0.29) is 5.91 Å². The first-order valence-electron chi connectivity index (χ1n) is 5.39. The van der Waals surface area contributed by atoms with Gasteiger partial charge in [-0.3, -0.25) is 4.79 Å². The summed E-state index contributed by atoms with van der Waals surface area (Å²) in [4.78, 5) is 12.0. The van der Waals surface area contributed by atoms with E-state index in [4.69, 9.17) is 11.6 Å². The summed E-state index contributed by atoms with van der Waals surface area (Å²) in [5.41, 5.74) is 2.39. The van der Waals surface area contributed by atoms with E-state index in [1.54, 1.807) is 24.3 Å². The molecule has 0 bridgehead atoms. The number of hydrogen-bond acceptors (Lipinski definition) is 1. The maximum atomic E-state index is 12.0. The molecule has 0 saturated carbocycles. The molecule has 0 aliphatic heterocycles. The minimum atomic E-state index is -0.142. The van der Waals surface area contributed by atoms with E-state index in [2.05, 4.69) is 21.2 Å². The molecule has 0 radical (unpaired) electrons. The second kappa shape index (κ2) is 5.55. The van der Waals surface area contributed by atoms with Crippen molar-refractivity contribution in [1.29, 1.82) is 0 Å². The van der Waals surface area contributed by atoms with Crippen molar-refractivity contribution >= 4 is 39.1 Å². The SMILES string of the molecule is Cc1cc(Br)ccc1NC(=O)c1ccc(Cl)cc1. The normalized spacial score (nSPS) is 10.2. The molecule has 0 unspecified atom stereocenters. The van der Waals surface area contributed by atoms with Crippen LogP contribution in [0.25, 0.3) is 0 Å². The Morgan fingerprint density at radius 2 is 1.83 bits per heavy atom. The average molecular weight is 325 g/mol. The zero-order chi connectivity index (χ0) is 13.1. The predicted octanol–water partition coefficient (Wildman–Crippen LogP) is 4.66. The Labute approximate surface area is 119 Å². The zero-order valence-electron chi connectivity index (χ0n) is 9.71. The molecule has 0 heterocycles. The average Bonchev–Trinajstić information content (AvgIpc) is 2.33. The lowest BCUT2D eigenvalue weighted by molar-refractivity contribution is 0.102. The monoisotopic (exact) mass is 323 g/mol. The molecule has 2 rings (SSSR count). The fourth-order valence-corrected chi connectivity index (χ4v) is 2.16. The highest BCUT2D eigenvalue weighted by molar-refractivity contribution is 9.10. The van der Waals surface area contributed by atoms with Gasteiger partial charge in [0, 0.05) is 20.7 Å². The van der Waals surface area contributed by atoms with Crippen LogP contribution in [0.4, 0.5) is 5.69 Å². The van der Waals surface area contributed by atoms with Crippen molar-refractivity contribution in [3.63, 3.8) is 0 Å². The van der Waals surface area contributed by atoms with Crippen molar-refractivity contribution in [1.82, 2.24) is 0 Å². The molecule has 2 aromatic carbocycles. The Morgan fingerprint density at radius 1 is 1.17 bits per heavy atom. The third-order valence-electron chi connectivity index (χ3n) is 2.54. The number of amides is 1. The van der Waals surface area contributed by atoms with Crippen molar-refractivity contribution in [3.8, 4) is 0 Å². The number of anilines is 1. The van der Waals surface area contributed by atoms with Gasteiger partial charge in [-0.15, -0.1) is 0 Å². The molecule has 0 atom stereocenters. The van der Waals surface area contributed by atoms with E-state index in [9.17, 15) is 4.79 Å². The number of nitrogens with one attached hydrogen (secondary N) is 1. The van der Waals surface area contributed by atoms with Gasteiger partial charge in [-0.25, -0.2) is 0 Å². The highest BCUT2D eigenvalue weighted by atomic mass is 79.9. The zero-order valence-corrected chi connectivity index (χ0v) is 12.0. The van der Waals surface area contributed by atoms with E-state index in [0.29, 0.717) is 10.6 Å². The smallest absolute Gasteiger partial charge is 0.255 e. The summed E-state index contributed by atoms with van der Waals surface area (Å²) in [6.07, 6.45) is 0. The predicted molar refractivity (Wildman–Crippen MR) is 78.3 cm³/mol. The lowest BCUT2D eigenvalue weighted by Gasteiger charge is -2.08. The first kappa shape index (κ1) is 13.1. The molecule has 0 saturated heterocycles. The van der Waals surface area contributed by atoms with Gasteiger partial charge in [0.05, 0.1) is 0 Å². The van der Waals surface area contributed by atoms with E-state index < -0.39 is 0 Å². The van der Waals surface area contributed by atoms with Crippen molar-refractivity contribution < 1.29 is 4.79 Å². The molecule has 1 amide bonds. The third-order valence-corrected chi connectivity index (χ3v) is 3.29. The number of rotatable bonds is 2. The summed E-state index contributed by atoms with van der Waals surface area (Å²) >= 11 is 9.17. The molecule has 18 heavy (non-hydrogen) atoms. The Bertz CT molecular complexity index is 581. The highest BCUT2D eigenvalue weighted by Crippen LogP contribution is 2.21. The van der Waals surface area contributed by atoms with Crippen LogP contribution in [0.5, 0.6) is 0 Å². The second-order valence-corrected chi connectivity index (χ2v) is 5.27. The lowest BCUT2D eigenvalue weighted by Crippen LogP contribution is -2.12. The summed E-state index contributed by atoms with van der Waals surface area (Å²) in [5, 5.41) is 3.49. The standard InChI is InChI=1S/C14H11BrClNO/c1-9-8-11(15)4-7-13(9)17-14(18)10-2-5-12(16)6-3-10/h2-8H,1H3,(H,17,18). The van der Waals surface area contributed by atoms with Gasteiger partial charge < -0.3 is 5.32 Å². The molecule has 2 aromatic rings. The summed E-state index contributed by atoms with van der Waals surface area (Å²) in [5.74, 6) is -0.142. The van der Waals surface area contributed by atoms with E-state index in [0.717, 1.165) is 15.7 Å². The number of halogens is 2. The molecule has 0 aliphatic rings. The first-order chi connectivity index (χ1) is 8.56. The van der Waals surface area contributed by atoms with Crippen molar-refractivity contribution in [2.24, 2.45) is 0 Å². The Balaban J connectivity index is 2.18. The van der Waals surface area contributed by atoms with E-state index in [1.807, 2.05) is 25.1 Å². The van der Waals surface area contributed by atoms with Gasteiger partial charge in [0.2, 0.25) is 0 Å². The molecule has 2 nitrogen and oxygen atoms in total. The van der Waals surface area contributed by atoms with Gasteiger partial charge in [0.15, 0.2) is 0 Å². The van der Waals surface area contributed by atoms with Crippen LogP contribution in [-0.4, -0.2) is 5.91 Å². The fourth-order valence-electron chi connectivity index (χ4n) is 1.56. The minimum Gasteiger partial charge on any atom is -0.322 e. The maximum Gasteiger partial charge on any atom is 0.255 e. The Morgan fingerprint density at radius 3 is 2.44 bits per heavy atom. The van der Waals surface area contributed by atoms with Crippen molar-refractivity contribution in [2.75, 3.05) is 5.32 Å². The molecule has 0 aromatic heterocycles. The van der Waals surface area contributed by atoms with Crippen LogP contribution in [0.1, 0.15) is 15.9 Å². The third kappa shape index (κ3) is 3.12. The second-order valence-electron chi connectivity index (χ2n) is 3.92. The van der Waals surface area contributed by atoms with Gasteiger partial charge >= 0.3 is 0 Å². The van der Waals surface area contributed by atoms with Crippen molar-refractivity contribution in [3.05, 3.63) is 63.1 Å². The summed E-state index contributed by atoms with van der Waals surface area (Å²) < 4.78 is 0.990. The van der Waals surface area contributed by atoms with Crippen LogP contribution in [0.15, 0.2) is 46.9 Å². The summed E-state index contributed by atoms with van der Waals surface area (Å²) in [7, 11) is 0. The number of benzene rings is 2. The molecular formula is C14H11BrClNO. The van der Waals surface area contributed by atoms with Gasteiger partial charge in [0.25, 0.3) is 5.91 Å². The molecule has 4 heteroatoms.